The van der Waals surface area contributed by atoms with E-state index in [1.54, 1.807) is 11.8 Å². The first-order chi connectivity index (χ1) is 9.52. The molecular formula is C15H18BrN3S. The summed E-state index contributed by atoms with van der Waals surface area (Å²) in [6.45, 7) is 3.99. The molecule has 1 heterocycles. The SMILES string of the molecule is Cc1cc(CC(C)N)nc(CSc2cccc(Br)c2)n1. The third-order valence-electron chi connectivity index (χ3n) is 2.65. The lowest BCUT2D eigenvalue weighted by Gasteiger charge is -2.08. The van der Waals surface area contributed by atoms with E-state index in [2.05, 4.69) is 38.0 Å². The van der Waals surface area contributed by atoms with E-state index in [0.29, 0.717) is 0 Å². The lowest BCUT2D eigenvalue weighted by atomic mass is 10.2. The topological polar surface area (TPSA) is 51.8 Å². The van der Waals surface area contributed by atoms with Crippen LogP contribution in [0.2, 0.25) is 0 Å². The molecule has 0 saturated carbocycles. The summed E-state index contributed by atoms with van der Waals surface area (Å²) in [5.74, 6) is 1.63. The highest BCUT2D eigenvalue weighted by atomic mass is 79.9. The second kappa shape index (κ2) is 7.20. The number of thioether (sulfide) groups is 1. The van der Waals surface area contributed by atoms with Crippen molar-refractivity contribution in [2.24, 2.45) is 5.73 Å². The zero-order valence-electron chi connectivity index (χ0n) is 11.6. The standard InChI is InChI=1S/C15H18BrN3S/c1-10(17)6-13-7-11(2)18-15(19-13)9-20-14-5-3-4-12(16)8-14/h3-5,7-8,10H,6,9,17H2,1-2H3. The molecule has 2 rings (SSSR count). The predicted molar refractivity (Wildman–Crippen MR) is 87.8 cm³/mol. The maximum absolute atomic E-state index is 5.84. The van der Waals surface area contributed by atoms with Gasteiger partial charge in [0.25, 0.3) is 0 Å². The van der Waals surface area contributed by atoms with E-state index in [4.69, 9.17) is 5.73 Å². The summed E-state index contributed by atoms with van der Waals surface area (Å²) in [7, 11) is 0. The fourth-order valence-electron chi connectivity index (χ4n) is 1.90. The molecule has 106 valence electrons. The first-order valence-corrected chi connectivity index (χ1v) is 8.28. The molecule has 0 saturated heterocycles. The first kappa shape index (κ1) is 15.5. The Morgan fingerprint density at radius 1 is 1.30 bits per heavy atom. The van der Waals surface area contributed by atoms with E-state index >= 15 is 0 Å². The fourth-order valence-corrected chi connectivity index (χ4v) is 3.26. The van der Waals surface area contributed by atoms with Gasteiger partial charge in [-0.1, -0.05) is 22.0 Å². The Bertz CT molecular complexity index is 587. The molecule has 1 unspecified atom stereocenters. The van der Waals surface area contributed by atoms with Gasteiger partial charge >= 0.3 is 0 Å². The summed E-state index contributed by atoms with van der Waals surface area (Å²) in [6.07, 6.45) is 0.790. The molecule has 0 spiro atoms. The molecule has 0 fully saturated rings. The fraction of sp³-hybridized carbons (Fsp3) is 0.333. The summed E-state index contributed by atoms with van der Waals surface area (Å²) in [4.78, 5) is 10.3. The lowest BCUT2D eigenvalue weighted by molar-refractivity contribution is 0.713. The molecule has 0 aliphatic rings. The Kier molecular flexibility index (Phi) is 5.57. The van der Waals surface area contributed by atoms with Crippen LogP contribution in [0.1, 0.15) is 24.1 Å². The Labute approximate surface area is 132 Å². The lowest BCUT2D eigenvalue weighted by Crippen LogP contribution is -2.19. The molecule has 0 amide bonds. The van der Waals surface area contributed by atoms with E-state index in [-0.39, 0.29) is 6.04 Å². The number of halogens is 1. The van der Waals surface area contributed by atoms with Crippen molar-refractivity contribution in [3.05, 3.63) is 52.0 Å². The third kappa shape index (κ3) is 4.89. The molecule has 2 N–H and O–H groups in total. The molecule has 0 aliphatic carbocycles. The molecule has 2 aromatic rings. The minimum Gasteiger partial charge on any atom is -0.328 e. The van der Waals surface area contributed by atoms with Gasteiger partial charge < -0.3 is 5.73 Å². The number of nitrogens with two attached hydrogens (primary N) is 1. The number of benzene rings is 1. The molecule has 0 aliphatic heterocycles. The van der Waals surface area contributed by atoms with Crippen LogP contribution in [-0.2, 0) is 12.2 Å². The van der Waals surface area contributed by atoms with Crippen LogP contribution < -0.4 is 5.73 Å². The van der Waals surface area contributed by atoms with Gasteiger partial charge in [0.1, 0.15) is 5.82 Å². The molecule has 1 aromatic carbocycles. The van der Waals surface area contributed by atoms with Crippen molar-refractivity contribution in [2.45, 2.75) is 37.0 Å². The summed E-state index contributed by atoms with van der Waals surface area (Å²) >= 11 is 5.22. The second-order valence-corrected chi connectivity index (χ2v) is 6.81. The average molecular weight is 352 g/mol. The van der Waals surface area contributed by atoms with Crippen LogP contribution in [0.3, 0.4) is 0 Å². The predicted octanol–water partition coefficient (Wildman–Crippen LogP) is 3.73. The zero-order valence-corrected chi connectivity index (χ0v) is 14.0. The highest BCUT2D eigenvalue weighted by molar-refractivity contribution is 9.10. The van der Waals surface area contributed by atoms with E-state index in [1.165, 1.54) is 4.90 Å². The highest BCUT2D eigenvalue weighted by Gasteiger charge is 2.06. The Morgan fingerprint density at radius 2 is 2.10 bits per heavy atom. The smallest absolute Gasteiger partial charge is 0.139 e. The zero-order chi connectivity index (χ0) is 14.5. The van der Waals surface area contributed by atoms with Crippen molar-refractivity contribution in [2.75, 3.05) is 0 Å². The van der Waals surface area contributed by atoms with Crippen molar-refractivity contribution in [3.63, 3.8) is 0 Å². The highest BCUT2D eigenvalue weighted by Crippen LogP contribution is 2.24. The number of hydrogen-bond acceptors (Lipinski definition) is 4. The number of hydrogen-bond donors (Lipinski definition) is 1. The summed E-state index contributed by atoms with van der Waals surface area (Å²) in [6, 6.07) is 10.4. The minimum atomic E-state index is 0.120. The minimum absolute atomic E-state index is 0.120. The van der Waals surface area contributed by atoms with E-state index in [0.717, 1.165) is 33.9 Å². The van der Waals surface area contributed by atoms with Gasteiger partial charge in [0, 0.05) is 33.2 Å². The molecular weight excluding hydrogens is 334 g/mol. The molecule has 5 heteroatoms. The Hall–Kier alpha value is -0.910. The molecule has 1 aromatic heterocycles. The van der Waals surface area contributed by atoms with Gasteiger partial charge in [0.15, 0.2) is 0 Å². The largest absolute Gasteiger partial charge is 0.328 e. The van der Waals surface area contributed by atoms with Crippen LogP contribution in [0.4, 0.5) is 0 Å². The van der Waals surface area contributed by atoms with Gasteiger partial charge in [-0.25, -0.2) is 9.97 Å². The number of nitrogens with zero attached hydrogens (tertiary/aromatic N) is 2. The van der Waals surface area contributed by atoms with Crippen LogP contribution in [0.15, 0.2) is 39.7 Å². The maximum atomic E-state index is 5.84. The van der Waals surface area contributed by atoms with Crippen molar-refractivity contribution in [3.8, 4) is 0 Å². The third-order valence-corrected chi connectivity index (χ3v) is 4.13. The molecule has 1 atom stereocenters. The van der Waals surface area contributed by atoms with Gasteiger partial charge in [-0.3, -0.25) is 0 Å². The Balaban J connectivity index is 2.07. The van der Waals surface area contributed by atoms with Gasteiger partial charge in [-0.05, 0) is 38.1 Å². The van der Waals surface area contributed by atoms with E-state index in [1.807, 2.05) is 32.0 Å². The van der Waals surface area contributed by atoms with Gasteiger partial charge in [-0.15, -0.1) is 11.8 Å². The van der Waals surface area contributed by atoms with Crippen LogP contribution in [0.25, 0.3) is 0 Å². The van der Waals surface area contributed by atoms with Crippen LogP contribution in [0, 0.1) is 6.92 Å². The average Bonchev–Trinajstić information content (AvgIpc) is 2.35. The first-order valence-electron chi connectivity index (χ1n) is 6.50. The number of aryl methyl sites for hydroxylation is 1. The summed E-state index contributed by atoms with van der Waals surface area (Å²) in [5, 5.41) is 0. The van der Waals surface area contributed by atoms with Crippen LogP contribution in [0.5, 0.6) is 0 Å². The number of aromatic nitrogens is 2. The van der Waals surface area contributed by atoms with Crippen LogP contribution >= 0.6 is 27.7 Å². The molecule has 3 nitrogen and oxygen atoms in total. The van der Waals surface area contributed by atoms with E-state index in [9.17, 15) is 0 Å². The molecule has 0 bridgehead atoms. The monoisotopic (exact) mass is 351 g/mol. The van der Waals surface area contributed by atoms with E-state index < -0.39 is 0 Å². The number of rotatable bonds is 5. The second-order valence-electron chi connectivity index (χ2n) is 4.84. The van der Waals surface area contributed by atoms with Gasteiger partial charge in [0.05, 0.1) is 5.75 Å². The summed E-state index contributed by atoms with van der Waals surface area (Å²) in [5.41, 5.74) is 7.86. The van der Waals surface area contributed by atoms with Gasteiger partial charge in [-0.2, -0.15) is 0 Å². The molecule has 20 heavy (non-hydrogen) atoms. The van der Waals surface area contributed by atoms with Crippen molar-refractivity contribution >= 4 is 27.7 Å². The van der Waals surface area contributed by atoms with Crippen LogP contribution in [-0.4, -0.2) is 16.0 Å². The molecule has 0 radical (unpaired) electrons. The van der Waals surface area contributed by atoms with Crippen molar-refractivity contribution in [1.82, 2.24) is 9.97 Å². The van der Waals surface area contributed by atoms with Crippen molar-refractivity contribution in [1.29, 1.82) is 0 Å². The Morgan fingerprint density at radius 3 is 2.80 bits per heavy atom. The summed E-state index contributed by atoms with van der Waals surface area (Å²) < 4.78 is 1.09. The van der Waals surface area contributed by atoms with Crippen molar-refractivity contribution < 1.29 is 0 Å². The quantitative estimate of drug-likeness (QED) is 0.833. The maximum Gasteiger partial charge on any atom is 0.139 e. The van der Waals surface area contributed by atoms with Gasteiger partial charge in [0.2, 0.25) is 0 Å². The normalized spacial score (nSPS) is 12.4.